The third-order valence-corrected chi connectivity index (χ3v) is 3.91. The van der Waals surface area contributed by atoms with E-state index in [-0.39, 0.29) is 51.4 Å². The minimum atomic E-state index is -2.03. The van der Waals surface area contributed by atoms with Crippen LogP contribution in [-0.2, 0) is 23.8 Å². The van der Waals surface area contributed by atoms with Crippen molar-refractivity contribution >= 4 is 11.9 Å². The van der Waals surface area contributed by atoms with Gasteiger partial charge in [-0.2, -0.15) is 0 Å². The van der Waals surface area contributed by atoms with Gasteiger partial charge in [-0.3, -0.25) is 0 Å². The molecule has 0 spiro atoms. The smallest absolute Gasteiger partial charge is 0.479 e. The van der Waals surface area contributed by atoms with Gasteiger partial charge in [0.25, 0.3) is 0 Å². The Hall–Kier alpha value is 0.216. The molecule has 2 rings (SSSR count). The normalized spacial score (nSPS) is 46.2. The summed E-state index contributed by atoms with van der Waals surface area (Å²) < 4.78 is 14.4. The van der Waals surface area contributed by atoms with Gasteiger partial charge in [-0.25, -0.2) is 9.59 Å². The number of hydrogen-bond donors (Lipinski definition) is 8. The van der Waals surface area contributed by atoms with Crippen LogP contribution in [0.15, 0.2) is 0 Å². The Morgan fingerprint density at radius 1 is 0.692 bits per heavy atom. The fourth-order valence-electron chi connectivity index (χ4n) is 2.52. The summed E-state index contributed by atoms with van der Waals surface area (Å²) in [4.78, 5) is 22.2. The quantitative estimate of drug-likeness (QED) is 0.202. The van der Waals surface area contributed by atoms with E-state index in [0.717, 1.165) is 0 Å². The molecule has 0 saturated carbocycles. The number of aliphatic hydroxyl groups excluding tert-OH is 6. The van der Waals surface area contributed by atoms with Gasteiger partial charge in [0.2, 0.25) is 0 Å². The van der Waals surface area contributed by atoms with Gasteiger partial charge in [-0.15, -0.1) is 0 Å². The molecule has 0 radical (unpaired) electrons. The SMILES string of the molecule is O=C(O)[C@H]1O[C@H](O[C@H]2[C@H](O)[C@@H](O)[C@H](O)O[C@@H]2C(=O)O)[C@H](O)[C@@H](O)[C@@H]1O.[K+]. The van der Waals surface area contributed by atoms with E-state index in [9.17, 15) is 40.2 Å². The predicted molar refractivity (Wildman–Crippen MR) is 69.7 cm³/mol. The third kappa shape index (κ3) is 4.79. The second-order valence-electron chi connectivity index (χ2n) is 5.60. The van der Waals surface area contributed by atoms with Crippen molar-refractivity contribution in [1.82, 2.24) is 0 Å². The van der Waals surface area contributed by atoms with Crippen LogP contribution in [0.25, 0.3) is 0 Å². The van der Waals surface area contributed by atoms with Crippen LogP contribution in [0.1, 0.15) is 0 Å². The Labute approximate surface area is 188 Å². The zero-order valence-corrected chi connectivity index (χ0v) is 16.5. The Kier molecular flexibility index (Phi) is 8.97. The zero-order valence-electron chi connectivity index (χ0n) is 13.4. The van der Waals surface area contributed by atoms with E-state index < -0.39 is 73.4 Å². The predicted octanol–water partition coefficient (Wildman–Crippen LogP) is -8.21. The summed E-state index contributed by atoms with van der Waals surface area (Å²) in [5.41, 5.74) is 0. The summed E-state index contributed by atoms with van der Waals surface area (Å²) in [5, 5.41) is 75.9. The van der Waals surface area contributed by atoms with Crippen molar-refractivity contribution in [1.29, 1.82) is 0 Å². The molecule has 0 aromatic heterocycles. The molecule has 0 bridgehead atoms. The minimum absolute atomic E-state index is 0. The molecule has 2 heterocycles. The van der Waals surface area contributed by atoms with Gasteiger partial charge in [0.15, 0.2) is 24.8 Å². The Morgan fingerprint density at radius 3 is 1.73 bits per heavy atom. The van der Waals surface area contributed by atoms with Crippen LogP contribution in [0.2, 0.25) is 0 Å². The van der Waals surface area contributed by atoms with Crippen molar-refractivity contribution in [2.75, 3.05) is 0 Å². The molecule has 26 heavy (non-hydrogen) atoms. The van der Waals surface area contributed by atoms with E-state index in [1.165, 1.54) is 0 Å². The first-order valence-corrected chi connectivity index (χ1v) is 7.06. The van der Waals surface area contributed by atoms with Crippen LogP contribution >= 0.6 is 0 Å². The number of aliphatic carboxylic acids is 2. The fourth-order valence-corrected chi connectivity index (χ4v) is 2.52. The first kappa shape index (κ1) is 24.3. The molecule has 0 unspecified atom stereocenters. The van der Waals surface area contributed by atoms with Crippen LogP contribution < -0.4 is 51.4 Å². The van der Waals surface area contributed by atoms with E-state index >= 15 is 0 Å². The molecule has 10 atom stereocenters. The summed E-state index contributed by atoms with van der Waals surface area (Å²) in [7, 11) is 0. The van der Waals surface area contributed by atoms with Crippen molar-refractivity contribution < 1.29 is 116 Å². The van der Waals surface area contributed by atoms with Crippen molar-refractivity contribution in [2.24, 2.45) is 0 Å². The van der Waals surface area contributed by atoms with Gasteiger partial charge < -0.3 is 55.1 Å². The first-order chi connectivity index (χ1) is 11.6. The maximum atomic E-state index is 11.2. The maximum absolute atomic E-state index is 11.2. The van der Waals surface area contributed by atoms with E-state index in [2.05, 4.69) is 4.74 Å². The monoisotopic (exact) mass is 409 g/mol. The zero-order chi connectivity index (χ0) is 19.0. The summed E-state index contributed by atoms with van der Waals surface area (Å²) >= 11 is 0. The van der Waals surface area contributed by atoms with Crippen LogP contribution in [0.5, 0.6) is 0 Å². The molecular weight excluding hydrogens is 391 g/mol. The second-order valence-corrected chi connectivity index (χ2v) is 5.60. The van der Waals surface area contributed by atoms with Crippen LogP contribution in [0.3, 0.4) is 0 Å². The molecule has 13 nitrogen and oxygen atoms in total. The molecule has 8 N–H and O–H groups in total. The van der Waals surface area contributed by atoms with Crippen molar-refractivity contribution in [2.45, 2.75) is 61.4 Å². The average Bonchev–Trinajstić information content (AvgIpc) is 2.54. The topological polar surface area (TPSA) is 224 Å². The average molecular weight is 409 g/mol. The van der Waals surface area contributed by atoms with Crippen molar-refractivity contribution in [3.8, 4) is 0 Å². The molecular formula is C12H18KO13+. The van der Waals surface area contributed by atoms with Gasteiger partial charge in [0.05, 0.1) is 0 Å². The summed E-state index contributed by atoms with van der Waals surface area (Å²) in [5.74, 6) is -3.39. The molecule has 0 amide bonds. The van der Waals surface area contributed by atoms with Gasteiger partial charge in [-0.05, 0) is 0 Å². The van der Waals surface area contributed by atoms with E-state index in [1.807, 2.05) is 0 Å². The second kappa shape index (κ2) is 9.62. The number of rotatable bonds is 4. The molecule has 2 aliphatic heterocycles. The number of hydrogen-bond acceptors (Lipinski definition) is 11. The summed E-state index contributed by atoms with van der Waals surface area (Å²) in [6.45, 7) is 0. The van der Waals surface area contributed by atoms with Crippen LogP contribution in [-0.4, -0.2) is 114 Å². The first-order valence-electron chi connectivity index (χ1n) is 7.06. The number of carbonyl (C=O) groups is 2. The molecule has 2 saturated heterocycles. The van der Waals surface area contributed by atoms with Gasteiger partial charge in [0.1, 0.15) is 36.6 Å². The van der Waals surface area contributed by atoms with Crippen LogP contribution in [0.4, 0.5) is 0 Å². The molecule has 0 aliphatic carbocycles. The van der Waals surface area contributed by atoms with Crippen molar-refractivity contribution in [3.05, 3.63) is 0 Å². The summed E-state index contributed by atoms with van der Waals surface area (Å²) in [6, 6.07) is 0. The summed E-state index contributed by atoms with van der Waals surface area (Å²) in [6.07, 6.45) is -19.9. The largest absolute Gasteiger partial charge is 1.00 e. The van der Waals surface area contributed by atoms with E-state index in [4.69, 9.17) is 19.7 Å². The maximum Gasteiger partial charge on any atom is 1.00 e. The number of aliphatic hydroxyl groups is 6. The number of carboxylic acid groups (broad SMARTS) is 2. The minimum Gasteiger partial charge on any atom is -0.479 e. The van der Waals surface area contributed by atoms with Gasteiger partial charge in [-0.1, -0.05) is 0 Å². The molecule has 144 valence electrons. The Morgan fingerprint density at radius 2 is 1.23 bits per heavy atom. The molecule has 14 heteroatoms. The standard InChI is InChI=1S/C12H18O13.K/c13-1-2(14)7(9(18)19)25-12(5(1)17)24-6-3(15)4(16)11(22)23-8(6)10(20)21;/h1-8,11-17,22H,(H,18,19)(H,20,21);/q;+1/t1-,2-,3+,4+,5+,6-,7-,8-,11+,12-;/m0./s1. The van der Waals surface area contributed by atoms with E-state index in [1.54, 1.807) is 0 Å². The Bertz CT molecular complexity index is 517. The molecule has 2 aliphatic rings. The van der Waals surface area contributed by atoms with Crippen molar-refractivity contribution in [3.63, 3.8) is 0 Å². The molecule has 2 fully saturated rings. The van der Waals surface area contributed by atoms with Gasteiger partial charge >= 0.3 is 63.3 Å². The van der Waals surface area contributed by atoms with E-state index in [0.29, 0.717) is 0 Å². The molecule has 0 aromatic carbocycles. The number of carboxylic acids is 2. The molecule has 0 aromatic rings. The van der Waals surface area contributed by atoms with Gasteiger partial charge in [0, 0.05) is 0 Å². The number of ether oxygens (including phenoxy) is 3. The third-order valence-electron chi connectivity index (χ3n) is 3.91. The van der Waals surface area contributed by atoms with Crippen LogP contribution in [0, 0.1) is 0 Å². The Balaban J connectivity index is 0.00000338. The fraction of sp³-hybridized carbons (Fsp3) is 0.833.